The Morgan fingerprint density at radius 1 is 1.14 bits per heavy atom. The van der Waals surface area contributed by atoms with Gasteiger partial charge in [0, 0.05) is 36.5 Å². The van der Waals surface area contributed by atoms with Crippen LogP contribution in [0.4, 0.5) is 0 Å². The molecule has 1 aromatic carbocycles. The molecule has 0 radical (unpaired) electrons. The zero-order chi connectivity index (χ0) is 19.7. The standard InChI is InChI=1S/C22H25N5O/c1-14-6-8-17(9-7-14)20-12-24-26-21(20)18-5-4-10-27(13-18)22(28)19-11-23-16(3)25-15(19)2/h6-9,11-12,18H,4-5,10,13H2,1-3H3,(H,24,26)/t18-/m0/s1. The highest BCUT2D eigenvalue weighted by Gasteiger charge is 2.29. The summed E-state index contributed by atoms with van der Waals surface area (Å²) in [5, 5.41) is 7.49. The summed E-state index contributed by atoms with van der Waals surface area (Å²) in [6.07, 6.45) is 5.54. The van der Waals surface area contributed by atoms with E-state index >= 15 is 0 Å². The number of aromatic amines is 1. The minimum Gasteiger partial charge on any atom is -0.338 e. The Bertz CT molecular complexity index is 992. The summed E-state index contributed by atoms with van der Waals surface area (Å²) in [5.74, 6) is 0.938. The van der Waals surface area contributed by atoms with Crippen molar-refractivity contribution < 1.29 is 4.79 Å². The van der Waals surface area contributed by atoms with E-state index in [9.17, 15) is 4.79 Å². The molecule has 0 aliphatic carbocycles. The first-order valence-corrected chi connectivity index (χ1v) is 9.72. The average Bonchev–Trinajstić information content (AvgIpc) is 3.18. The third kappa shape index (κ3) is 3.54. The minimum atomic E-state index is 0.0126. The fourth-order valence-corrected chi connectivity index (χ4v) is 3.93. The van der Waals surface area contributed by atoms with Gasteiger partial charge in [-0.25, -0.2) is 9.97 Å². The highest BCUT2D eigenvalue weighted by atomic mass is 16.2. The summed E-state index contributed by atoms with van der Waals surface area (Å²) in [6.45, 7) is 7.22. The average molecular weight is 375 g/mol. The van der Waals surface area contributed by atoms with Crippen LogP contribution in [0.2, 0.25) is 0 Å². The Morgan fingerprint density at radius 2 is 1.93 bits per heavy atom. The minimum absolute atomic E-state index is 0.0126. The zero-order valence-electron chi connectivity index (χ0n) is 16.6. The normalized spacial score (nSPS) is 17.0. The quantitative estimate of drug-likeness (QED) is 0.755. The van der Waals surface area contributed by atoms with E-state index in [2.05, 4.69) is 51.4 Å². The highest BCUT2D eigenvalue weighted by molar-refractivity contribution is 5.95. The van der Waals surface area contributed by atoms with Gasteiger partial charge in [0.1, 0.15) is 5.82 Å². The maximum absolute atomic E-state index is 13.1. The largest absolute Gasteiger partial charge is 0.338 e. The van der Waals surface area contributed by atoms with E-state index in [1.54, 1.807) is 6.20 Å². The van der Waals surface area contributed by atoms with Crippen molar-refractivity contribution in [3.05, 3.63) is 65.0 Å². The summed E-state index contributed by atoms with van der Waals surface area (Å²) in [7, 11) is 0. The molecule has 1 atom stereocenters. The molecule has 0 saturated carbocycles. The third-order valence-electron chi connectivity index (χ3n) is 5.48. The molecule has 0 bridgehead atoms. The van der Waals surface area contributed by atoms with E-state index in [0.29, 0.717) is 17.9 Å². The number of nitrogens with zero attached hydrogens (tertiary/aromatic N) is 4. The monoisotopic (exact) mass is 375 g/mol. The van der Waals surface area contributed by atoms with Crippen LogP contribution in [0.15, 0.2) is 36.7 Å². The molecule has 0 spiro atoms. The Kier molecular flexibility index (Phi) is 4.94. The molecule has 1 saturated heterocycles. The molecule has 1 fully saturated rings. The number of aryl methyl sites for hydroxylation is 3. The molecular formula is C22H25N5O. The number of amides is 1. The highest BCUT2D eigenvalue weighted by Crippen LogP contribution is 2.33. The van der Waals surface area contributed by atoms with Crippen LogP contribution in [0.1, 0.15) is 51.9 Å². The Balaban J connectivity index is 1.57. The van der Waals surface area contributed by atoms with Gasteiger partial charge in [-0.2, -0.15) is 5.10 Å². The molecule has 4 rings (SSSR count). The number of hydrogen-bond acceptors (Lipinski definition) is 4. The van der Waals surface area contributed by atoms with E-state index in [0.717, 1.165) is 41.9 Å². The first-order chi connectivity index (χ1) is 13.5. The van der Waals surface area contributed by atoms with Crippen LogP contribution >= 0.6 is 0 Å². The van der Waals surface area contributed by atoms with Gasteiger partial charge in [-0.05, 0) is 39.2 Å². The Labute approximate surface area is 165 Å². The number of likely N-dealkylation sites (tertiary alicyclic amines) is 1. The van der Waals surface area contributed by atoms with Crippen molar-refractivity contribution in [1.29, 1.82) is 0 Å². The van der Waals surface area contributed by atoms with Crippen LogP contribution in [0.5, 0.6) is 0 Å². The smallest absolute Gasteiger partial charge is 0.257 e. The summed E-state index contributed by atoms with van der Waals surface area (Å²) < 4.78 is 0. The molecule has 2 aromatic heterocycles. The molecule has 144 valence electrons. The van der Waals surface area contributed by atoms with E-state index in [-0.39, 0.29) is 11.8 Å². The lowest BCUT2D eigenvalue weighted by Gasteiger charge is -2.33. The molecule has 28 heavy (non-hydrogen) atoms. The molecule has 6 nitrogen and oxygen atoms in total. The molecule has 1 N–H and O–H groups in total. The van der Waals surface area contributed by atoms with Crippen molar-refractivity contribution in [1.82, 2.24) is 25.1 Å². The maximum Gasteiger partial charge on any atom is 0.257 e. The van der Waals surface area contributed by atoms with Gasteiger partial charge in [0.05, 0.1) is 17.5 Å². The van der Waals surface area contributed by atoms with Crippen LogP contribution < -0.4 is 0 Å². The van der Waals surface area contributed by atoms with Crippen LogP contribution in [-0.2, 0) is 0 Å². The molecule has 1 aliphatic rings. The number of benzene rings is 1. The fourth-order valence-electron chi connectivity index (χ4n) is 3.93. The Hall–Kier alpha value is -3.02. The summed E-state index contributed by atoms with van der Waals surface area (Å²) in [4.78, 5) is 23.5. The second kappa shape index (κ2) is 7.54. The molecule has 1 aliphatic heterocycles. The van der Waals surface area contributed by atoms with Crippen molar-refractivity contribution in [2.45, 2.75) is 39.5 Å². The predicted octanol–water partition coefficient (Wildman–Crippen LogP) is 3.81. The second-order valence-corrected chi connectivity index (χ2v) is 7.57. The van der Waals surface area contributed by atoms with E-state index in [1.807, 2.05) is 24.9 Å². The van der Waals surface area contributed by atoms with Crippen LogP contribution in [-0.4, -0.2) is 44.1 Å². The van der Waals surface area contributed by atoms with E-state index in [4.69, 9.17) is 0 Å². The number of carbonyl (C=O) groups excluding carboxylic acids is 1. The number of rotatable bonds is 3. The van der Waals surface area contributed by atoms with Gasteiger partial charge in [0.2, 0.25) is 0 Å². The van der Waals surface area contributed by atoms with Crippen molar-refractivity contribution in [2.24, 2.45) is 0 Å². The lowest BCUT2D eigenvalue weighted by Crippen LogP contribution is -2.39. The van der Waals surface area contributed by atoms with Crippen molar-refractivity contribution in [3.63, 3.8) is 0 Å². The molecule has 1 amide bonds. The Morgan fingerprint density at radius 3 is 2.68 bits per heavy atom. The van der Waals surface area contributed by atoms with Crippen LogP contribution in [0, 0.1) is 20.8 Å². The fraction of sp³-hybridized carbons (Fsp3) is 0.364. The van der Waals surface area contributed by atoms with Crippen molar-refractivity contribution >= 4 is 5.91 Å². The van der Waals surface area contributed by atoms with Crippen molar-refractivity contribution in [2.75, 3.05) is 13.1 Å². The van der Waals surface area contributed by atoms with Gasteiger partial charge >= 0.3 is 0 Å². The number of nitrogens with one attached hydrogen (secondary N) is 1. The van der Waals surface area contributed by atoms with E-state index < -0.39 is 0 Å². The number of piperidine rings is 1. The predicted molar refractivity (Wildman–Crippen MR) is 108 cm³/mol. The number of carbonyl (C=O) groups is 1. The van der Waals surface area contributed by atoms with Crippen LogP contribution in [0.3, 0.4) is 0 Å². The SMILES string of the molecule is Cc1ccc(-c2cn[nH]c2[C@H]2CCCN(C(=O)c3cnc(C)nc3C)C2)cc1. The second-order valence-electron chi connectivity index (χ2n) is 7.57. The topological polar surface area (TPSA) is 74.8 Å². The number of hydrogen-bond donors (Lipinski definition) is 1. The third-order valence-corrected chi connectivity index (χ3v) is 5.48. The van der Waals surface area contributed by atoms with Crippen molar-refractivity contribution in [3.8, 4) is 11.1 Å². The first-order valence-electron chi connectivity index (χ1n) is 9.72. The van der Waals surface area contributed by atoms with E-state index in [1.165, 1.54) is 5.56 Å². The first kappa shape index (κ1) is 18.3. The van der Waals surface area contributed by atoms with Gasteiger partial charge in [-0.15, -0.1) is 0 Å². The van der Waals surface area contributed by atoms with Gasteiger partial charge < -0.3 is 4.90 Å². The summed E-state index contributed by atoms with van der Waals surface area (Å²) in [6, 6.07) is 8.48. The van der Waals surface area contributed by atoms with Gasteiger partial charge in [0.25, 0.3) is 5.91 Å². The molecular weight excluding hydrogens is 350 g/mol. The summed E-state index contributed by atoms with van der Waals surface area (Å²) >= 11 is 0. The lowest BCUT2D eigenvalue weighted by molar-refractivity contribution is 0.0704. The van der Waals surface area contributed by atoms with Gasteiger partial charge in [0.15, 0.2) is 0 Å². The number of aromatic nitrogens is 4. The zero-order valence-corrected chi connectivity index (χ0v) is 16.6. The molecule has 0 unspecified atom stereocenters. The number of H-pyrrole nitrogens is 1. The molecule has 3 heterocycles. The maximum atomic E-state index is 13.1. The van der Waals surface area contributed by atoms with Crippen LogP contribution in [0.25, 0.3) is 11.1 Å². The summed E-state index contributed by atoms with van der Waals surface area (Å²) in [5.41, 5.74) is 5.95. The van der Waals surface area contributed by atoms with Gasteiger partial charge in [-0.1, -0.05) is 29.8 Å². The molecule has 6 heteroatoms. The molecule has 3 aromatic rings. The van der Waals surface area contributed by atoms with Gasteiger partial charge in [-0.3, -0.25) is 9.89 Å². The lowest BCUT2D eigenvalue weighted by atomic mass is 9.90.